The number of hydrogen-bond donors (Lipinski definition) is 2. The number of benzene rings is 1. The molecule has 3 aromatic rings. The van der Waals surface area contributed by atoms with Crippen LogP contribution in [0.2, 0.25) is 0 Å². The molecule has 1 aromatic carbocycles. The normalized spacial score (nSPS) is 25.9. The van der Waals surface area contributed by atoms with Gasteiger partial charge >= 0.3 is 0 Å². The molecule has 2 N–H and O–H groups in total. The van der Waals surface area contributed by atoms with Gasteiger partial charge in [0, 0.05) is 33.8 Å². The van der Waals surface area contributed by atoms with E-state index in [-0.39, 0.29) is 13.2 Å². The Bertz CT molecular complexity index is 1410. The lowest BCUT2D eigenvalue weighted by Crippen LogP contribution is -2.46. The van der Waals surface area contributed by atoms with Gasteiger partial charge in [-0.1, -0.05) is 6.08 Å². The van der Waals surface area contributed by atoms with Crippen molar-refractivity contribution < 1.29 is 23.5 Å². The van der Waals surface area contributed by atoms with Gasteiger partial charge in [0.05, 0.1) is 24.4 Å². The number of nitrogens with one attached hydrogen (secondary N) is 1. The van der Waals surface area contributed by atoms with Gasteiger partial charge in [-0.3, -0.25) is 0 Å². The predicted molar refractivity (Wildman–Crippen MR) is 133 cm³/mol. The largest absolute Gasteiger partial charge is 0.467 e. The molecule has 0 spiro atoms. The Balaban J connectivity index is 1.46. The van der Waals surface area contributed by atoms with Gasteiger partial charge in [-0.15, -0.1) is 6.58 Å². The Morgan fingerprint density at radius 2 is 2.14 bits per heavy atom. The molecule has 5 rings (SSSR count). The Labute approximate surface area is 203 Å². The summed E-state index contributed by atoms with van der Waals surface area (Å²) in [4.78, 5) is 13.2. The third kappa shape index (κ3) is 4.36. The molecule has 184 valence electrons. The van der Waals surface area contributed by atoms with Gasteiger partial charge in [0.2, 0.25) is 5.88 Å². The lowest BCUT2D eigenvalue weighted by molar-refractivity contribution is -0.0398. The Morgan fingerprint density at radius 1 is 1.31 bits per heavy atom. The van der Waals surface area contributed by atoms with E-state index in [1.807, 2.05) is 19.1 Å². The first-order valence-electron chi connectivity index (χ1n) is 11.1. The van der Waals surface area contributed by atoms with Crippen molar-refractivity contribution in [1.82, 2.24) is 15.0 Å². The predicted octanol–water partition coefficient (Wildman–Crippen LogP) is 2.90. The van der Waals surface area contributed by atoms with Gasteiger partial charge in [-0.25, -0.2) is 19.2 Å². The number of anilines is 2. The van der Waals surface area contributed by atoms with E-state index >= 15 is 0 Å². The molecule has 2 unspecified atom stereocenters. The highest BCUT2D eigenvalue weighted by molar-refractivity contribution is 7.92. The summed E-state index contributed by atoms with van der Waals surface area (Å²) in [5, 5.41) is 14.5. The van der Waals surface area contributed by atoms with Crippen LogP contribution in [0.3, 0.4) is 0 Å². The smallest absolute Gasteiger partial charge is 0.238 e. The van der Waals surface area contributed by atoms with E-state index in [4.69, 9.17) is 14.2 Å². The molecule has 0 amide bonds. The number of aromatic nitrogens is 3. The number of ether oxygens (including phenoxy) is 3. The van der Waals surface area contributed by atoms with Crippen molar-refractivity contribution in [2.24, 2.45) is 4.36 Å². The second-order valence-electron chi connectivity index (χ2n) is 8.93. The summed E-state index contributed by atoms with van der Waals surface area (Å²) in [6, 6.07) is 7.27. The average Bonchev–Trinajstić information content (AvgIpc) is 3.32. The van der Waals surface area contributed by atoms with Crippen molar-refractivity contribution in [3.8, 4) is 5.88 Å². The van der Waals surface area contributed by atoms with Crippen LogP contribution in [0.4, 0.5) is 17.2 Å². The Morgan fingerprint density at radius 3 is 2.91 bits per heavy atom. The van der Waals surface area contributed by atoms with Crippen molar-refractivity contribution >= 4 is 37.8 Å². The summed E-state index contributed by atoms with van der Waals surface area (Å²) < 4.78 is 34.3. The fourth-order valence-corrected chi connectivity index (χ4v) is 5.18. The molecular formula is C24H27N5O5S. The van der Waals surface area contributed by atoms with Crippen LogP contribution in [0.15, 0.2) is 53.8 Å². The summed E-state index contributed by atoms with van der Waals surface area (Å²) >= 11 is 0. The molecule has 10 nitrogen and oxygen atoms in total. The minimum Gasteiger partial charge on any atom is -0.467 e. The lowest BCUT2D eigenvalue weighted by atomic mass is 9.92. The fourth-order valence-electron chi connectivity index (χ4n) is 4.57. The van der Waals surface area contributed by atoms with Crippen LogP contribution < -0.4 is 10.1 Å². The minimum atomic E-state index is -2.31. The van der Waals surface area contributed by atoms with E-state index < -0.39 is 33.6 Å². The molecule has 2 aliphatic heterocycles. The van der Waals surface area contributed by atoms with Crippen LogP contribution in [0.1, 0.15) is 5.56 Å². The van der Waals surface area contributed by atoms with Crippen molar-refractivity contribution in [3.05, 3.63) is 55.0 Å². The van der Waals surface area contributed by atoms with Crippen LogP contribution in [0, 0.1) is 6.92 Å². The monoisotopic (exact) mass is 497 g/mol. The van der Waals surface area contributed by atoms with Crippen LogP contribution in [-0.2, 0) is 19.2 Å². The second-order valence-corrected chi connectivity index (χ2v) is 11.5. The molecule has 2 saturated heterocycles. The van der Waals surface area contributed by atoms with Gasteiger partial charge < -0.3 is 24.6 Å². The third-order valence-corrected chi connectivity index (χ3v) is 6.74. The molecule has 11 heteroatoms. The van der Waals surface area contributed by atoms with Crippen molar-refractivity contribution in [2.45, 2.75) is 30.8 Å². The van der Waals surface area contributed by atoms with Crippen molar-refractivity contribution in [3.63, 3.8) is 0 Å². The number of aliphatic hydroxyl groups excluding tert-OH is 1. The Kier molecular flexibility index (Phi) is 5.96. The first-order chi connectivity index (χ1) is 16.7. The summed E-state index contributed by atoms with van der Waals surface area (Å²) in [6.45, 7) is 6.12. The zero-order valence-electron chi connectivity index (χ0n) is 19.7. The molecule has 0 aliphatic carbocycles. The van der Waals surface area contributed by atoms with Gasteiger partial charge in [-0.2, -0.15) is 4.36 Å². The summed E-state index contributed by atoms with van der Waals surface area (Å²) in [5.74, 6) is 0.917. The number of rotatable bonds is 6. The molecule has 4 heterocycles. The van der Waals surface area contributed by atoms with Gasteiger partial charge in [-0.05, 0) is 36.8 Å². The quantitative estimate of drug-likeness (QED) is 0.494. The first-order valence-corrected chi connectivity index (χ1v) is 13.4. The number of aryl methyl sites for hydroxylation is 1. The SMILES string of the molecule is C=CC12OC[C@@H](Oc3ncccc3Nc3ncnc4cc(N=S(C)(C)=O)cc(C)c34)C1OC[C@H]2O. The summed E-state index contributed by atoms with van der Waals surface area (Å²) in [7, 11) is -2.31. The molecule has 4 atom stereocenters. The molecule has 35 heavy (non-hydrogen) atoms. The highest BCUT2D eigenvalue weighted by Crippen LogP contribution is 2.41. The van der Waals surface area contributed by atoms with E-state index in [2.05, 4.69) is 31.2 Å². The van der Waals surface area contributed by atoms with E-state index in [0.29, 0.717) is 28.6 Å². The molecule has 2 aliphatic rings. The van der Waals surface area contributed by atoms with E-state index in [1.54, 1.807) is 36.9 Å². The average molecular weight is 498 g/mol. The Hall–Kier alpha value is -3.12. The molecule has 2 fully saturated rings. The topological polar surface area (TPSA) is 128 Å². The number of pyridine rings is 1. The van der Waals surface area contributed by atoms with Crippen LogP contribution in [-0.4, -0.2) is 73.9 Å². The zero-order chi connectivity index (χ0) is 24.8. The van der Waals surface area contributed by atoms with Gasteiger partial charge in [0.1, 0.15) is 35.6 Å². The highest BCUT2D eigenvalue weighted by atomic mass is 32.2. The molecule has 0 saturated carbocycles. The number of nitrogens with zero attached hydrogens (tertiary/aromatic N) is 4. The van der Waals surface area contributed by atoms with E-state index in [1.165, 1.54) is 6.33 Å². The van der Waals surface area contributed by atoms with Crippen LogP contribution in [0.25, 0.3) is 10.9 Å². The molecular weight excluding hydrogens is 470 g/mol. The third-order valence-electron chi connectivity index (χ3n) is 6.09. The highest BCUT2D eigenvalue weighted by Gasteiger charge is 2.59. The summed E-state index contributed by atoms with van der Waals surface area (Å²) in [6.07, 6.45) is 6.07. The second kappa shape index (κ2) is 8.83. The lowest BCUT2D eigenvalue weighted by Gasteiger charge is -2.26. The zero-order valence-corrected chi connectivity index (χ0v) is 20.5. The van der Waals surface area contributed by atoms with Crippen molar-refractivity contribution in [1.29, 1.82) is 0 Å². The number of hydrogen-bond acceptors (Lipinski definition) is 10. The first kappa shape index (κ1) is 23.6. The van der Waals surface area contributed by atoms with E-state index in [9.17, 15) is 9.32 Å². The summed E-state index contributed by atoms with van der Waals surface area (Å²) in [5.41, 5.74) is 1.76. The van der Waals surface area contributed by atoms with Gasteiger partial charge in [0.15, 0.2) is 6.10 Å². The maximum atomic E-state index is 12.1. The number of aliphatic hydroxyl groups is 1. The standard InChI is InChI=1S/C24H27N5O5S/c1-5-24-19(30)12-32-21(24)18(11-33-24)34-23-16(7-6-8-25-23)28-22-20-14(2)9-15(29-35(3,4)31)10-17(20)26-13-27-22/h5-10,13,18-19,21,30H,1,11-12H2,2-4H3,(H,26,27,28)/t18-,19-,21?,24?/m1/s1. The maximum absolute atomic E-state index is 12.1. The van der Waals surface area contributed by atoms with Crippen LogP contribution in [0.5, 0.6) is 5.88 Å². The molecule has 2 aromatic heterocycles. The van der Waals surface area contributed by atoms with E-state index in [0.717, 1.165) is 10.9 Å². The van der Waals surface area contributed by atoms with Crippen LogP contribution >= 0.6 is 0 Å². The number of fused-ring (bicyclic) bond motifs is 2. The molecule has 0 bridgehead atoms. The van der Waals surface area contributed by atoms with Gasteiger partial charge in [0.25, 0.3) is 0 Å². The van der Waals surface area contributed by atoms with Crippen molar-refractivity contribution in [2.75, 3.05) is 31.0 Å². The fraction of sp³-hybridized carbons (Fsp3) is 0.375. The minimum absolute atomic E-state index is 0.148. The molecule has 0 radical (unpaired) electrons. The maximum Gasteiger partial charge on any atom is 0.238 e.